The lowest BCUT2D eigenvalue weighted by Crippen LogP contribution is -2.75. The van der Waals surface area contributed by atoms with Crippen LogP contribution >= 0.6 is 10.3 Å². The second kappa shape index (κ2) is 10.9. The maximum absolute atomic E-state index is 14.8. The van der Waals surface area contributed by atoms with Crippen LogP contribution in [0.25, 0.3) is 10.8 Å². The number of rotatable bonds is 10. The second-order valence-corrected chi connectivity index (χ2v) is 16.3. The summed E-state index contributed by atoms with van der Waals surface area (Å²) in [5.74, 6) is -53.1. The predicted molar refractivity (Wildman–Crippen MR) is 134 cm³/mol. The van der Waals surface area contributed by atoms with E-state index in [0.29, 0.717) is 10.9 Å². The van der Waals surface area contributed by atoms with E-state index in [1.807, 2.05) is 0 Å². The van der Waals surface area contributed by atoms with E-state index in [4.69, 9.17) is 0 Å². The van der Waals surface area contributed by atoms with Crippen LogP contribution in [0.15, 0.2) is 41.3 Å². The van der Waals surface area contributed by atoms with Gasteiger partial charge in [-0.25, -0.2) is 3.63 Å². The van der Waals surface area contributed by atoms with Gasteiger partial charge in [0.05, 0.1) is 0 Å². The number of hydrogen-bond donors (Lipinski definition) is 0. The van der Waals surface area contributed by atoms with Crippen molar-refractivity contribution >= 4 is 31.2 Å². The van der Waals surface area contributed by atoms with Crippen molar-refractivity contribution < 1.29 is 86.7 Å². The minimum atomic E-state index is -8.90. The fraction of sp³-hybridized carbons (Fsp3) is 0.600. The maximum Gasteiger partial charge on any atom is 0.460 e. The molecule has 2 aromatic rings. The van der Waals surface area contributed by atoms with Crippen LogP contribution in [0.5, 0.6) is 0 Å². The van der Waals surface area contributed by atoms with E-state index in [2.05, 4.69) is 3.63 Å². The molecule has 0 N–H and O–H groups in total. The molecule has 1 fully saturated rings. The topological polar surface area (TPSA) is 43.4 Å². The maximum atomic E-state index is 14.8. The van der Waals surface area contributed by atoms with Crippen molar-refractivity contribution in [3.8, 4) is 0 Å². The molecule has 1 aliphatic heterocycles. The van der Waals surface area contributed by atoms with Crippen LogP contribution in [0.3, 0.4) is 0 Å². The van der Waals surface area contributed by atoms with Gasteiger partial charge in [-0.1, -0.05) is 61.4 Å². The van der Waals surface area contributed by atoms with Gasteiger partial charge in [0, 0.05) is 16.4 Å². The highest BCUT2D eigenvalue weighted by Gasteiger charge is 2.96. The fourth-order valence-corrected chi connectivity index (χ4v) is 9.64. The molecule has 47 heavy (non-hydrogen) atoms. The minimum absolute atomic E-state index is 0.0644. The quantitative estimate of drug-likeness (QED) is 0.227. The normalized spacial score (nSPS) is 18.6. The lowest BCUT2D eigenvalue weighted by Gasteiger charge is -2.48. The monoisotopic (exact) mass is 756 g/mol. The molecule has 0 bridgehead atoms. The molecule has 1 heterocycles. The van der Waals surface area contributed by atoms with Crippen molar-refractivity contribution in [2.24, 2.45) is 0 Å². The van der Waals surface area contributed by atoms with Crippen LogP contribution in [0.4, 0.5) is 74.6 Å². The summed E-state index contributed by atoms with van der Waals surface area (Å²) < 4.78 is 263. The van der Waals surface area contributed by atoms with Crippen LogP contribution in [-0.4, -0.2) is 66.9 Å². The van der Waals surface area contributed by atoms with Gasteiger partial charge >= 0.3 is 57.1 Å². The molecule has 0 radical (unpaired) electrons. The molecular weight excluding hydrogens is 735 g/mol. The zero-order chi connectivity index (χ0) is 36.9. The first kappa shape index (κ1) is 39.2. The minimum Gasteiger partial charge on any atom is -0.211 e. The summed E-state index contributed by atoms with van der Waals surface area (Å²) in [6.07, 6.45) is -7.96. The zero-order valence-electron chi connectivity index (χ0n) is 23.6. The van der Waals surface area contributed by atoms with E-state index in [-0.39, 0.29) is 16.7 Å². The van der Waals surface area contributed by atoms with Crippen LogP contribution < -0.4 is 0 Å². The SMILES string of the molecule is CC(C)(C)c1ccc(S2(OS(=O)(=O)C(F)(F)C(F)(F)C(F)(F)C(F)(F)C(F)(F)C(F)(F)C(F)(F)C(F)(F)F)CCC2)c2ccccc12. The third kappa shape index (κ3) is 5.32. The van der Waals surface area contributed by atoms with E-state index in [1.165, 1.54) is 30.3 Å². The summed E-state index contributed by atoms with van der Waals surface area (Å²) in [7, 11) is -11.4. The average Bonchev–Trinajstić information content (AvgIpc) is 2.88. The van der Waals surface area contributed by atoms with E-state index >= 15 is 0 Å². The molecule has 1 saturated heterocycles. The number of halogens is 17. The Kier molecular flexibility index (Phi) is 9.08. The number of fused-ring (bicyclic) bond motifs is 1. The van der Waals surface area contributed by atoms with E-state index in [0.717, 1.165) is 6.07 Å². The first-order valence-electron chi connectivity index (χ1n) is 12.6. The summed E-state index contributed by atoms with van der Waals surface area (Å²) in [5.41, 5.74) is -0.0525. The van der Waals surface area contributed by atoms with Crippen molar-refractivity contribution in [3.63, 3.8) is 0 Å². The first-order valence-corrected chi connectivity index (χ1v) is 15.9. The largest absolute Gasteiger partial charge is 0.460 e. The summed E-state index contributed by atoms with van der Waals surface area (Å²) >= 11 is 0. The average molecular weight is 757 g/mol. The molecule has 3 nitrogen and oxygen atoms in total. The van der Waals surface area contributed by atoms with Crippen molar-refractivity contribution in [1.29, 1.82) is 0 Å². The highest BCUT2D eigenvalue weighted by atomic mass is 32.3. The third-order valence-corrected chi connectivity index (χ3v) is 13.0. The molecule has 2 aromatic carbocycles. The number of alkyl halides is 17. The van der Waals surface area contributed by atoms with Crippen molar-refractivity contribution in [1.82, 2.24) is 0 Å². The zero-order valence-corrected chi connectivity index (χ0v) is 25.2. The Balaban J connectivity index is 2.15. The number of hydrogen-bond acceptors (Lipinski definition) is 3. The van der Waals surface area contributed by atoms with E-state index in [9.17, 15) is 83.1 Å². The molecule has 22 heteroatoms. The predicted octanol–water partition coefficient (Wildman–Crippen LogP) is 9.93. The molecule has 270 valence electrons. The molecular formula is C25H21F17O3S2. The van der Waals surface area contributed by atoms with Gasteiger partial charge in [0.25, 0.3) is 0 Å². The Morgan fingerprint density at radius 3 is 1.36 bits per heavy atom. The smallest absolute Gasteiger partial charge is 0.211 e. The highest BCUT2D eigenvalue weighted by molar-refractivity contribution is 8.34. The summed E-state index contributed by atoms with van der Waals surface area (Å²) in [6, 6.07) is 8.13. The molecule has 0 unspecified atom stereocenters. The van der Waals surface area contributed by atoms with Crippen LogP contribution in [0, 0.1) is 0 Å². The Morgan fingerprint density at radius 2 is 0.979 bits per heavy atom. The molecule has 3 rings (SSSR count). The molecule has 0 aliphatic carbocycles. The lowest BCUT2D eigenvalue weighted by atomic mass is 9.84. The van der Waals surface area contributed by atoms with Gasteiger partial charge in [-0.2, -0.15) is 83.1 Å². The Hall–Kier alpha value is -2.23. The molecule has 0 spiro atoms. The third-order valence-electron chi connectivity index (χ3n) is 7.27. The second-order valence-electron chi connectivity index (χ2n) is 11.5. The Morgan fingerprint density at radius 1 is 0.574 bits per heavy atom. The van der Waals surface area contributed by atoms with Crippen LogP contribution in [0.1, 0.15) is 32.8 Å². The lowest BCUT2D eigenvalue weighted by molar-refractivity contribution is -0.458. The van der Waals surface area contributed by atoms with Crippen molar-refractivity contribution in [2.75, 3.05) is 11.5 Å². The van der Waals surface area contributed by atoms with E-state index < -0.39 is 84.3 Å². The van der Waals surface area contributed by atoms with Gasteiger partial charge in [0.15, 0.2) is 0 Å². The van der Waals surface area contributed by atoms with E-state index in [1.54, 1.807) is 20.8 Å². The van der Waals surface area contributed by atoms with Gasteiger partial charge in [0.1, 0.15) is 0 Å². The van der Waals surface area contributed by atoms with Crippen molar-refractivity contribution in [2.45, 2.75) is 84.5 Å². The fourth-order valence-electron chi connectivity index (χ4n) is 4.50. The van der Waals surface area contributed by atoms with Crippen LogP contribution in [0.2, 0.25) is 0 Å². The van der Waals surface area contributed by atoms with Gasteiger partial charge in [-0.05, 0) is 34.2 Å². The Bertz CT molecular complexity index is 1620. The summed E-state index contributed by atoms with van der Waals surface area (Å²) in [4.78, 5) is -0.243. The number of benzene rings is 2. The van der Waals surface area contributed by atoms with Gasteiger partial charge in [0.2, 0.25) is 0 Å². The standard InChI is InChI=1S/C25H21F17O3S2/c1-17(2,3)15-9-10-16(14-8-5-4-7-13(14)15)46(11-6-12-46)45-47(43,44)25(41,42)23(36,37)21(32,33)19(28,29)18(26,27)20(30,31)22(34,35)24(38,39)40/h4-5,7-10H,6,11-12H2,1-3H3. The summed E-state index contributed by atoms with van der Waals surface area (Å²) in [6.45, 7) is 5.18. The molecule has 0 saturated carbocycles. The first-order chi connectivity index (χ1) is 20.6. The molecule has 0 amide bonds. The van der Waals surface area contributed by atoms with Gasteiger partial charge < -0.3 is 0 Å². The van der Waals surface area contributed by atoms with Gasteiger partial charge in [-0.15, -0.1) is 0 Å². The van der Waals surface area contributed by atoms with Crippen LogP contribution in [-0.2, 0) is 19.2 Å². The molecule has 0 aromatic heterocycles. The van der Waals surface area contributed by atoms with Gasteiger partial charge in [-0.3, -0.25) is 0 Å². The molecule has 1 aliphatic rings. The molecule has 0 atom stereocenters. The summed E-state index contributed by atoms with van der Waals surface area (Å²) in [5, 5.41) is -7.29. The highest BCUT2D eigenvalue weighted by Crippen LogP contribution is 2.69. The van der Waals surface area contributed by atoms with Crippen molar-refractivity contribution in [3.05, 3.63) is 42.0 Å². The Labute approximate surface area is 256 Å².